The Morgan fingerprint density at radius 2 is 1.93 bits per heavy atom. The molecule has 0 aromatic heterocycles. The average Bonchev–Trinajstić information content (AvgIpc) is 2.66. The van der Waals surface area contributed by atoms with Gasteiger partial charge in [-0.25, -0.2) is 4.79 Å². The molecule has 0 saturated heterocycles. The zero-order chi connectivity index (χ0) is 19.7. The topological polar surface area (TPSA) is 62.1 Å². The Hall–Kier alpha value is -3.27. The first-order chi connectivity index (χ1) is 12.9. The number of alkyl halides is 3. The molecule has 0 aliphatic heterocycles. The molecule has 2 rings (SSSR count). The third-order valence-corrected chi connectivity index (χ3v) is 3.59. The second-order valence-electron chi connectivity index (χ2n) is 5.59. The van der Waals surface area contributed by atoms with E-state index in [1.165, 1.54) is 6.08 Å². The van der Waals surface area contributed by atoms with Crippen LogP contribution in [0.15, 0.2) is 54.6 Å². The molecule has 0 aliphatic rings. The molecule has 0 heterocycles. The monoisotopic (exact) mass is 374 g/mol. The highest BCUT2D eigenvalue weighted by Crippen LogP contribution is 2.30. The van der Waals surface area contributed by atoms with E-state index < -0.39 is 17.8 Å². The second-order valence-corrected chi connectivity index (χ2v) is 5.59. The van der Waals surface area contributed by atoms with Gasteiger partial charge in [0.25, 0.3) is 0 Å². The maximum atomic E-state index is 12.8. The normalized spacial score (nSPS) is 11.2. The molecule has 0 saturated carbocycles. The van der Waals surface area contributed by atoms with E-state index in [-0.39, 0.29) is 24.3 Å². The summed E-state index contributed by atoms with van der Waals surface area (Å²) in [6, 6.07) is 14.0. The minimum atomic E-state index is -4.47. The summed E-state index contributed by atoms with van der Waals surface area (Å²) < 4.78 is 43.3. The molecule has 140 valence electrons. The number of benzene rings is 2. The van der Waals surface area contributed by atoms with Crippen LogP contribution in [0, 0.1) is 11.3 Å². The lowest BCUT2D eigenvalue weighted by Gasteiger charge is -2.08. The molecule has 27 heavy (non-hydrogen) atoms. The van der Waals surface area contributed by atoms with Crippen LogP contribution in [0.5, 0.6) is 0 Å². The molecule has 0 radical (unpaired) electrons. The molecule has 0 unspecified atom stereocenters. The summed E-state index contributed by atoms with van der Waals surface area (Å²) in [4.78, 5) is 11.6. The van der Waals surface area contributed by atoms with Gasteiger partial charge in [0.1, 0.15) is 6.61 Å². The number of nitrogens with one attached hydrogen (secondary N) is 1. The lowest BCUT2D eigenvalue weighted by molar-refractivity contribution is -0.137. The molecular formula is C20H17F3N2O2. The number of amides is 1. The van der Waals surface area contributed by atoms with Crippen LogP contribution in [0.3, 0.4) is 0 Å². The molecule has 2 aromatic rings. The van der Waals surface area contributed by atoms with Gasteiger partial charge in [-0.3, -0.25) is 0 Å². The van der Waals surface area contributed by atoms with Crippen LogP contribution in [-0.2, 0) is 17.5 Å². The Morgan fingerprint density at radius 1 is 1.19 bits per heavy atom. The maximum Gasteiger partial charge on any atom is 0.416 e. The van der Waals surface area contributed by atoms with Crippen molar-refractivity contribution in [1.29, 1.82) is 5.26 Å². The standard InChI is InChI=1S/C20H17F3N2O2/c21-20(22,23)18-10-9-17(13-24)16(12-18)8-4-5-11-25-19(26)27-14-15-6-2-1-3-7-15/h1-4,6-10,12H,5,11,14H2,(H,25,26). The summed E-state index contributed by atoms with van der Waals surface area (Å²) in [5.74, 6) is 0. The van der Waals surface area contributed by atoms with Crippen molar-refractivity contribution < 1.29 is 22.7 Å². The summed E-state index contributed by atoms with van der Waals surface area (Å²) >= 11 is 0. The van der Waals surface area contributed by atoms with Crippen molar-refractivity contribution in [2.45, 2.75) is 19.2 Å². The average molecular weight is 374 g/mol. The van der Waals surface area contributed by atoms with Crippen LogP contribution in [-0.4, -0.2) is 12.6 Å². The summed E-state index contributed by atoms with van der Waals surface area (Å²) in [6.07, 6.45) is -1.65. The third-order valence-electron chi connectivity index (χ3n) is 3.59. The molecule has 0 spiro atoms. The van der Waals surface area contributed by atoms with Crippen LogP contribution >= 0.6 is 0 Å². The van der Waals surface area contributed by atoms with Gasteiger partial charge < -0.3 is 10.1 Å². The molecule has 7 heteroatoms. The number of carbonyl (C=O) groups is 1. The number of rotatable bonds is 6. The molecule has 0 aliphatic carbocycles. The van der Waals surface area contributed by atoms with E-state index in [0.717, 1.165) is 23.8 Å². The zero-order valence-electron chi connectivity index (χ0n) is 14.3. The van der Waals surface area contributed by atoms with E-state index in [0.29, 0.717) is 6.42 Å². The summed E-state index contributed by atoms with van der Waals surface area (Å²) in [7, 11) is 0. The number of hydrogen-bond donors (Lipinski definition) is 1. The Balaban J connectivity index is 1.82. The Kier molecular flexibility index (Phi) is 7.00. The van der Waals surface area contributed by atoms with Gasteiger partial charge in [0.2, 0.25) is 0 Å². The maximum absolute atomic E-state index is 12.8. The van der Waals surface area contributed by atoms with Gasteiger partial charge in [-0.1, -0.05) is 42.5 Å². The Morgan fingerprint density at radius 3 is 2.59 bits per heavy atom. The first kappa shape index (κ1) is 20.0. The van der Waals surface area contributed by atoms with Crippen LogP contribution in [0.1, 0.15) is 28.7 Å². The second kappa shape index (κ2) is 9.43. The summed E-state index contributed by atoms with van der Waals surface area (Å²) in [5.41, 5.74) is 0.373. The lowest BCUT2D eigenvalue weighted by Crippen LogP contribution is -2.24. The molecule has 0 fully saturated rings. The van der Waals surface area contributed by atoms with Crippen molar-refractivity contribution in [3.8, 4) is 6.07 Å². The molecule has 2 aromatic carbocycles. The highest BCUT2D eigenvalue weighted by molar-refractivity contribution is 5.67. The number of nitriles is 1. The van der Waals surface area contributed by atoms with Gasteiger partial charge in [0, 0.05) is 6.54 Å². The first-order valence-electron chi connectivity index (χ1n) is 8.12. The predicted octanol–water partition coefficient (Wildman–Crippen LogP) is 4.91. The molecule has 0 atom stereocenters. The SMILES string of the molecule is N#Cc1ccc(C(F)(F)F)cc1C=CCCNC(=O)OCc1ccccc1. The van der Waals surface area contributed by atoms with Gasteiger partial charge >= 0.3 is 12.3 Å². The van der Waals surface area contributed by atoms with Crippen LogP contribution in [0.25, 0.3) is 6.08 Å². The highest BCUT2D eigenvalue weighted by Gasteiger charge is 2.30. The van der Waals surface area contributed by atoms with E-state index in [1.54, 1.807) is 6.08 Å². The molecule has 0 bridgehead atoms. The van der Waals surface area contributed by atoms with E-state index in [1.807, 2.05) is 36.4 Å². The fraction of sp³-hybridized carbons (Fsp3) is 0.200. The minimum absolute atomic E-state index is 0.148. The van der Waals surface area contributed by atoms with Crippen LogP contribution in [0.2, 0.25) is 0 Å². The van der Waals surface area contributed by atoms with E-state index >= 15 is 0 Å². The smallest absolute Gasteiger partial charge is 0.416 e. The molecule has 1 amide bonds. The van der Waals surface area contributed by atoms with Crippen molar-refractivity contribution >= 4 is 12.2 Å². The van der Waals surface area contributed by atoms with Crippen molar-refractivity contribution in [2.24, 2.45) is 0 Å². The van der Waals surface area contributed by atoms with Crippen molar-refractivity contribution in [3.05, 3.63) is 76.9 Å². The minimum Gasteiger partial charge on any atom is -0.445 e. The number of nitrogens with zero attached hydrogens (tertiary/aromatic N) is 1. The lowest BCUT2D eigenvalue weighted by atomic mass is 10.0. The summed E-state index contributed by atoms with van der Waals surface area (Å²) in [5, 5.41) is 11.5. The third kappa shape index (κ3) is 6.51. The first-order valence-corrected chi connectivity index (χ1v) is 8.12. The van der Waals surface area contributed by atoms with E-state index in [9.17, 15) is 18.0 Å². The summed E-state index contributed by atoms with van der Waals surface area (Å²) in [6.45, 7) is 0.406. The van der Waals surface area contributed by atoms with Crippen molar-refractivity contribution in [1.82, 2.24) is 5.32 Å². The largest absolute Gasteiger partial charge is 0.445 e. The van der Waals surface area contributed by atoms with Gasteiger partial charge in [-0.05, 0) is 35.7 Å². The highest BCUT2D eigenvalue weighted by atomic mass is 19.4. The van der Waals surface area contributed by atoms with E-state index in [4.69, 9.17) is 10.00 Å². The molecular weight excluding hydrogens is 357 g/mol. The molecule has 1 N–H and O–H groups in total. The Bertz CT molecular complexity index is 841. The zero-order valence-corrected chi connectivity index (χ0v) is 14.3. The van der Waals surface area contributed by atoms with E-state index in [2.05, 4.69) is 5.32 Å². The van der Waals surface area contributed by atoms with Crippen LogP contribution < -0.4 is 5.32 Å². The number of ether oxygens (including phenoxy) is 1. The van der Waals surface area contributed by atoms with Crippen LogP contribution in [0.4, 0.5) is 18.0 Å². The number of halogens is 3. The number of carbonyl (C=O) groups excluding carboxylic acids is 1. The fourth-order valence-corrected chi connectivity index (χ4v) is 2.22. The van der Waals surface area contributed by atoms with Gasteiger partial charge in [0.15, 0.2) is 0 Å². The van der Waals surface area contributed by atoms with Crippen molar-refractivity contribution in [2.75, 3.05) is 6.54 Å². The van der Waals surface area contributed by atoms with Gasteiger partial charge in [-0.2, -0.15) is 18.4 Å². The van der Waals surface area contributed by atoms with Gasteiger partial charge in [-0.15, -0.1) is 0 Å². The number of hydrogen-bond acceptors (Lipinski definition) is 3. The van der Waals surface area contributed by atoms with Crippen molar-refractivity contribution in [3.63, 3.8) is 0 Å². The fourth-order valence-electron chi connectivity index (χ4n) is 2.22. The Labute approximate surface area is 154 Å². The quantitative estimate of drug-likeness (QED) is 0.731. The number of alkyl carbamates (subject to hydrolysis) is 1. The molecule has 4 nitrogen and oxygen atoms in total. The van der Waals surface area contributed by atoms with Gasteiger partial charge in [0.05, 0.1) is 17.2 Å². The predicted molar refractivity (Wildman–Crippen MR) is 94.4 cm³/mol.